The monoisotopic (exact) mass is 390 g/mol. The maximum absolute atomic E-state index is 12.9. The molecule has 0 radical (unpaired) electrons. The van der Waals surface area contributed by atoms with Crippen LogP contribution in [0.3, 0.4) is 0 Å². The zero-order chi connectivity index (χ0) is 17.3. The van der Waals surface area contributed by atoms with E-state index < -0.39 is 0 Å². The second kappa shape index (κ2) is 6.73. The van der Waals surface area contributed by atoms with Crippen molar-refractivity contribution < 1.29 is 14.0 Å². The van der Waals surface area contributed by atoms with Crippen LogP contribution in [-0.2, 0) is 9.59 Å². The number of nitrogens with one attached hydrogen (secondary N) is 2. The lowest BCUT2D eigenvalue weighted by atomic mass is 10.2. The molecule has 6 heteroatoms. The van der Waals surface area contributed by atoms with Crippen LogP contribution in [0.1, 0.15) is 12.0 Å². The molecular formula is C18H16BrFN2O2. The van der Waals surface area contributed by atoms with Gasteiger partial charge in [0.05, 0.1) is 11.8 Å². The number of benzene rings is 2. The third-order valence-electron chi connectivity index (χ3n) is 4.00. The topological polar surface area (TPSA) is 58.2 Å². The number of amides is 2. The molecule has 2 atom stereocenters. The van der Waals surface area contributed by atoms with Crippen LogP contribution in [0.15, 0.2) is 46.9 Å². The first-order chi connectivity index (χ1) is 11.4. The summed E-state index contributed by atoms with van der Waals surface area (Å²) in [6.45, 7) is 1.94. The number of hydrogen-bond donors (Lipinski definition) is 2. The summed E-state index contributed by atoms with van der Waals surface area (Å²) in [5.74, 6) is -1.40. The average Bonchev–Trinajstić information content (AvgIpc) is 3.34. The predicted molar refractivity (Wildman–Crippen MR) is 94.1 cm³/mol. The van der Waals surface area contributed by atoms with Crippen molar-refractivity contribution in [3.63, 3.8) is 0 Å². The fraction of sp³-hybridized carbons (Fsp3) is 0.222. The zero-order valence-electron chi connectivity index (χ0n) is 13.0. The van der Waals surface area contributed by atoms with E-state index in [0.29, 0.717) is 17.8 Å². The molecule has 124 valence electrons. The zero-order valence-corrected chi connectivity index (χ0v) is 14.6. The number of carbonyl (C=O) groups excluding carboxylic acids is 2. The fourth-order valence-corrected chi connectivity index (χ4v) is 2.75. The van der Waals surface area contributed by atoms with E-state index in [0.717, 1.165) is 10.0 Å². The first-order valence-corrected chi connectivity index (χ1v) is 8.37. The van der Waals surface area contributed by atoms with Gasteiger partial charge in [-0.2, -0.15) is 0 Å². The molecule has 0 aliphatic heterocycles. The van der Waals surface area contributed by atoms with Gasteiger partial charge in [0.25, 0.3) is 0 Å². The van der Waals surface area contributed by atoms with Crippen LogP contribution in [0.5, 0.6) is 0 Å². The largest absolute Gasteiger partial charge is 0.326 e. The predicted octanol–water partition coefficient (Wildman–Crippen LogP) is 4.11. The van der Waals surface area contributed by atoms with Crippen molar-refractivity contribution in [1.82, 2.24) is 0 Å². The smallest absolute Gasteiger partial charge is 0.228 e. The van der Waals surface area contributed by atoms with Gasteiger partial charge in [-0.1, -0.05) is 15.9 Å². The lowest BCUT2D eigenvalue weighted by Gasteiger charge is -2.07. The number of carbonyl (C=O) groups is 2. The summed E-state index contributed by atoms with van der Waals surface area (Å²) in [6, 6.07) is 11.1. The third-order valence-corrected chi connectivity index (χ3v) is 4.89. The summed E-state index contributed by atoms with van der Waals surface area (Å²) in [5, 5.41) is 5.54. The first kappa shape index (κ1) is 16.6. The molecule has 4 nitrogen and oxygen atoms in total. The molecule has 2 aromatic carbocycles. The highest BCUT2D eigenvalue weighted by Gasteiger charge is 2.48. The van der Waals surface area contributed by atoms with Crippen molar-refractivity contribution >= 4 is 39.1 Å². The normalized spacial score (nSPS) is 18.8. The molecule has 0 aromatic heterocycles. The summed E-state index contributed by atoms with van der Waals surface area (Å²) in [5.41, 5.74) is 2.26. The van der Waals surface area contributed by atoms with Crippen molar-refractivity contribution in [2.45, 2.75) is 13.3 Å². The molecule has 0 saturated heterocycles. The van der Waals surface area contributed by atoms with Gasteiger partial charge in [-0.25, -0.2) is 4.39 Å². The van der Waals surface area contributed by atoms with Crippen molar-refractivity contribution in [2.24, 2.45) is 11.8 Å². The second-order valence-corrected chi connectivity index (χ2v) is 6.75. The van der Waals surface area contributed by atoms with Crippen LogP contribution in [0.25, 0.3) is 0 Å². The summed E-state index contributed by atoms with van der Waals surface area (Å²) < 4.78 is 13.8. The third kappa shape index (κ3) is 3.82. The van der Waals surface area contributed by atoms with Gasteiger partial charge in [-0.05, 0) is 61.4 Å². The molecule has 2 aromatic rings. The van der Waals surface area contributed by atoms with Crippen LogP contribution in [0, 0.1) is 24.6 Å². The molecule has 2 unspecified atom stereocenters. The number of hydrogen-bond acceptors (Lipinski definition) is 2. The second-order valence-electron chi connectivity index (χ2n) is 5.90. The molecule has 1 fully saturated rings. The number of halogens is 2. The minimum Gasteiger partial charge on any atom is -0.326 e. The Bertz CT molecular complexity index is 792. The highest BCUT2D eigenvalue weighted by molar-refractivity contribution is 9.10. The molecule has 0 spiro atoms. The Morgan fingerprint density at radius 2 is 1.54 bits per heavy atom. The standard InChI is InChI=1S/C18H16BrFN2O2/c1-10-8-13(6-7-16(10)19)22-18(24)15-9-14(15)17(23)21-12-4-2-11(20)3-5-12/h2-8,14-15H,9H2,1H3,(H,21,23)(H,22,24). The highest BCUT2D eigenvalue weighted by Crippen LogP contribution is 2.40. The summed E-state index contributed by atoms with van der Waals surface area (Å²) in [4.78, 5) is 24.4. The Morgan fingerprint density at radius 1 is 1.00 bits per heavy atom. The SMILES string of the molecule is Cc1cc(NC(=O)C2CC2C(=O)Nc2ccc(F)cc2)ccc1Br. The maximum Gasteiger partial charge on any atom is 0.228 e. The summed E-state index contributed by atoms with van der Waals surface area (Å²) >= 11 is 3.41. The first-order valence-electron chi connectivity index (χ1n) is 7.57. The minimum atomic E-state index is -0.360. The number of aryl methyl sites for hydroxylation is 1. The Morgan fingerprint density at radius 3 is 2.12 bits per heavy atom. The average molecular weight is 391 g/mol. The highest BCUT2D eigenvalue weighted by atomic mass is 79.9. The van der Waals surface area contributed by atoms with E-state index in [1.807, 2.05) is 25.1 Å². The summed E-state index contributed by atoms with van der Waals surface area (Å²) in [6.07, 6.45) is 0.522. The molecule has 2 N–H and O–H groups in total. The number of anilines is 2. The molecule has 2 amide bonds. The van der Waals surface area contributed by atoms with E-state index in [1.54, 1.807) is 0 Å². The van der Waals surface area contributed by atoms with Crippen LogP contribution in [-0.4, -0.2) is 11.8 Å². The molecule has 0 heterocycles. The molecule has 24 heavy (non-hydrogen) atoms. The van der Waals surface area contributed by atoms with Crippen LogP contribution >= 0.6 is 15.9 Å². The maximum atomic E-state index is 12.9. The van der Waals surface area contributed by atoms with Gasteiger partial charge in [0.2, 0.25) is 11.8 Å². The molecule has 1 aliphatic rings. The minimum absolute atomic E-state index is 0.157. The van der Waals surface area contributed by atoms with Gasteiger partial charge < -0.3 is 10.6 Å². The van der Waals surface area contributed by atoms with E-state index in [2.05, 4.69) is 26.6 Å². The Kier molecular flexibility index (Phi) is 4.66. The molecule has 0 bridgehead atoms. The van der Waals surface area contributed by atoms with Crippen LogP contribution < -0.4 is 10.6 Å². The number of rotatable bonds is 4. The van der Waals surface area contributed by atoms with Crippen molar-refractivity contribution in [3.8, 4) is 0 Å². The van der Waals surface area contributed by atoms with E-state index in [4.69, 9.17) is 0 Å². The summed E-state index contributed by atoms with van der Waals surface area (Å²) in [7, 11) is 0. The Hall–Kier alpha value is -2.21. The van der Waals surface area contributed by atoms with E-state index >= 15 is 0 Å². The van der Waals surface area contributed by atoms with Gasteiger partial charge >= 0.3 is 0 Å². The van der Waals surface area contributed by atoms with E-state index in [1.165, 1.54) is 24.3 Å². The van der Waals surface area contributed by atoms with Crippen LogP contribution in [0.2, 0.25) is 0 Å². The van der Waals surface area contributed by atoms with Crippen LogP contribution in [0.4, 0.5) is 15.8 Å². The van der Waals surface area contributed by atoms with Crippen molar-refractivity contribution in [3.05, 3.63) is 58.3 Å². The van der Waals surface area contributed by atoms with Gasteiger partial charge in [0.15, 0.2) is 0 Å². The van der Waals surface area contributed by atoms with Gasteiger partial charge in [0, 0.05) is 15.8 Å². The Labute approximate surface area is 147 Å². The molecule has 3 rings (SSSR count). The quantitative estimate of drug-likeness (QED) is 0.824. The molecule has 1 aliphatic carbocycles. The Balaban J connectivity index is 1.55. The molecular weight excluding hydrogens is 375 g/mol. The van der Waals surface area contributed by atoms with Gasteiger partial charge in [-0.3, -0.25) is 9.59 Å². The van der Waals surface area contributed by atoms with E-state index in [-0.39, 0.29) is 29.5 Å². The van der Waals surface area contributed by atoms with E-state index in [9.17, 15) is 14.0 Å². The lowest BCUT2D eigenvalue weighted by Crippen LogP contribution is -2.20. The fourth-order valence-electron chi connectivity index (χ4n) is 2.50. The van der Waals surface area contributed by atoms with Crippen molar-refractivity contribution in [2.75, 3.05) is 10.6 Å². The lowest BCUT2D eigenvalue weighted by molar-refractivity contribution is -0.122. The van der Waals surface area contributed by atoms with Gasteiger partial charge in [0.1, 0.15) is 5.82 Å². The molecule has 1 saturated carbocycles. The van der Waals surface area contributed by atoms with Gasteiger partial charge in [-0.15, -0.1) is 0 Å². The van der Waals surface area contributed by atoms with Crippen molar-refractivity contribution in [1.29, 1.82) is 0 Å².